The van der Waals surface area contributed by atoms with E-state index in [4.69, 9.17) is 9.47 Å². The molecule has 7 heteroatoms. The van der Waals surface area contributed by atoms with Crippen molar-refractivity contribution in [3.63, 3.8) is 0 Å². The SMILES string of the molecule is CC(C)(C)OC(=O)N1CCCC1c1cccnc1N(C(=O)OC(C)(C)C)C1CCC1. The van der Waals surface area contributed by atoms with Crippen LogP contribution in [0.5, 0.6) is 0 Å². The van der Waals surface area contributed by atoms with Gasteiger partial charge in [0.15, 0.2) is 0 Å². The first-order valence-electron chi connectivity index (χ1n) is 10.9. The number of hydrogen-bond acceptors (Lipinski definition) is 5. The van der Waals surface area contributed by atoms with E-state index in [-0.39, 0.29) is 24.3 Å². The van der Waals surface area contributed by atoms with Crippen molar-refractivity contribution in [2.24, 2.45) is 0 Å². The third kappa shape index (κ3) is 5.24. The highest BCUT2D eigenvalue weighted by Crippen LogP contribution is 2.40. The summed E-state index contributed by atoms with van der Waals surface area (Å²) in [5, 5.41) is 0. The quantitative estimate of drug-likeness (QED) is 0.654. The van der Waals surface area contributed by atoms with Crippen LogP contribution in [-0.2, 0) is 9.47 Å². The van der Waals surface area contributed by atoms with Gasteiger partial charge in [-0.1, -0.05) is 6.07 Å². The zero-order valence-corrected chi connectivity index (χ0v) is 19.1. The number of rotatable bonds is 3. The van der Waals surface area contributed by atoms with Gasteiger partial charge >= 0.3 is 12.2 Å². The van der Waals surface area contributed by atoms with Crippen LogP contribution in [0, 0.1) is 0 Å². The molecule has 1 aromatic heterocycles. The van der Waals surface area contributed by atoms with Crippen LogP contribution in [0.2, 0.25) is 0 Å². The van der Waals surface area contributed by atoms with Crippen LogP contribution < -0.4 is 4.90 Å². The summed E-state index contributed by atoms with van der Waals surface area (Å²) in [5.41, 5.74) is -0.279. The predicted molar refractivity (Wildman–Crippen MR) is 116 cm³/mol. The lowest BCUT2D eigenvalue weighted by Crippen LogP contribution is -2.48. The maximum Gasteiger partial charge on any atom is 0.416 e. The third-order valence-electron chi connectivity index (χ3n) is 5.31. The van der Waals surface area contributed by atoms with Crippen LogP contribution >= 0.6 is 0 Å². The standard InChI is InChI=1S/C23H35N3O4/c1-22(2,3)29-20(27)25-15-9-13-18(25)17-12-8-14-24-19(17)26(16-10-7-11-16)21(28)30-23(4,5)6/h8,12,14,16,18H,7,9-11,13,15H2,1-6H3. The summed E-state index contributed by atoms with van der Waals surface area (Å²) in [4.78, 5) is 34.0. The number of hydrogen-bond donors (Lipinski definition) is 0. The summed E-state index contributed by atoms with van der Waals surface area (Å²) in [6.07, 6.45) is 5.62. The molecule has 0 N–H and O–H groups in total. The first kappa shape index (κ1) is 22.4. The molecular formula is C23H35N3O4. The lowest BCUT2D eigenvalue weighted by molar-refractivity contribution is 0.0224. The molecule has 2 amide bonds. The highest BCUT2D eigenvalue weighted by atomic mass is 16.6. The van der Waals surface area contributed by atoms with Gasteiger partial charge in [-0.3, -0.25) is 4.90 Å². The van der Waals surface area contributed by atoms with Crippen molar-refractivity contribution < 1.29 is 19.1 Å². The molecule has 1 saturated carbocycles. The number of anilines is 1. The van der Waals surface area contributed by atoms with Crippen LogP contribution in [0.1, 0.15) is 85.3 Å². The molecule has 1 aliphatic heterocycles. The van der Waals surface area contributed by atoms with Gasteiger partial charge in [0.2, 0.25) is 0 Å². The van der Waals surface area contributed by atoms with Crippen molar-refractivity contribution in [1.29, 1.82) is 0 Å². The second-order valence-electron chi connectivity index (χ2n) is 10.2. The van der Waals surface area contributed by atoms with E-state index in [0.29, 0.717) is 12.4 Å². The number of carbonyl (C=O) groups is 2. The lowest BCUT2D eigenvalue weighted by Gasteiger charge is -2.39. The topological polar surface area (TPSA) is 72.0 Å². The Labute approximate surface area is 179 Å². The van der Waals surface area contributed by atoms with E-state index in [1.165, 1.54) is 0 Å². The summed E-state index contributed by atoms with van der Waals surface area (Å²) in [5.74, 6) is 0.594. The molecule has 7 nitrogen and oxygen atoms in total. The monoisotopic (exact) mass is 417 g/mol. The van der Waals surface area contributed by atoms with Crippen LogP contribution in [0.3, 0.4) is 0 Å². The van der Waals surface area contributed by atoms with Crippen LogP contribution in [0.15, 0.2) is 18.3 Å². The molecule has 0 bridgehead atoms. The van der Waals surface area contributed by atoms with Gasteiger partial charge in [-0.2, -0.15) is 0 Å². The Morgan fingerprint density at radius 1 is 1.03 bits per heavy atom. The summed E-state index contributed by atoms with van der Waals surface area (Å²) in [6, 6.07) is 3.72. The van der Waals surface area contributed by atoms with Gasteiger partial charge in [0, 0.05) is 24.3 Å². The fourth-order valence-corrected chi connectivity index (χ4v) is 3.86. The molecule has 3 rings (SSSR count). The van der Waals surface area contributed by atoms with Gasteiger partial charge in [0.05, 0.1) is 6.04 Å². The number of carbonyl (C=O) groups excluding carboxylic acids is 2. The predicted octanol–water partition coefficient (Wildman–Crippen LogP) is 5.45. The molecule has 1 aromatic rings. The zero-order chi connectivity index (χ0) is 22.1. The maximum atomic E-state index is 13.1. The average molecular weight is 418 g/mol. The Kier molecular flexibility index (Phi) is 6.29. The molecule has 2 heterocycles. The Bertz CT molecular complexity index is 777. The van der Waals surface area contributed by atoms with Crippen molar-refractivity contribution >= 4 is 18.0 Å². The Hall–Kier alpha value is -2.31. The summed E-state index contributed by atoms with van der Waals surface area (Å²) >= 11 is 0. The highest BCUT2D eigenvalue weighted by Gasteiger charge is 2.39. The highest BCUT2D eigenvalue weighted by molar-refractivity contribution is 5.88. The van der Waals surface area contributed by atoms with Crippen molar-refractivity contribution in [2.75, 3.05) is 11.4 Å². The van der Waals surface area contributed by atoms with E-state index in [1.807, 2.05) is 53.7 Å². The Balaban J connectivity index is 1.93. The van der Waals surface area contributed by atoms with Crippen molar-refractivity contribution in [1.82, 2.24) is 9.88 Å². The van der Waals surface area contributed by atoms with Gasteiger partial charge in [0.1, 0.15) is 17.0 Å². The number of amides is 2. The molecule has 1 unspecified atom stereocenters. The smallest absolute Gasteiger partial charge is 0.416 e. The number of ether oxygens (including phenoxy) is 2. The summed E-state index contributed by atoms with van der Waals surface area (Å²) < 4.78 is 11.3. The molecule has 1 atom stereocenters. The number of aromatic nitrogens is 1. The van der Waals surface area contributed by atoms with Crippen LogP contribution in [0.25, 0.3) is 0 Å². The lowest BCUT2D eigenvalue weighted by atomic mass is 9.91. The second kappa shape index (κ2) is 8.44. The van der Waals surface area contributed by atoms with E-state index < -0.39 is 11.2 Å². The van der Waals surface area contributed by atoms with Gasteiger partial charge in [-0.25, -0.2) is 14.6 Å². The summed E-state index contributed by atoms with van der Waals surface area (Å²) in [7, 11) is 0. The van der Waals surface area contributed by atoms with Gasteiger partial charge < -0.3 is 14.4 Å². The van der Waals surface area contributed by atoms with Crippen LogP contribution in [0.4, 0.5) is 15.4 Å². The molecule has 0 aromatic carbocycles. The van der Waals surface area contributed by atoms with Gasteiger partial charge in [0.25, 0.3) is 0 Å². The molecule has 0 spiro atoms. The molecule has 2 fully saturated rings. The largest absolute Gasteiger partial charge is 0.444 e. The molecule has 1 aliphatic carbocycles. The third-order valence-corrected chi connectivity index (χ3v) is 5.31. The van der Waals surface area contributed by atoms with Gasteiger partial charge in [-0.05, 0) is 79.7 Å². The fourth-order valence-electron chi connectivity index (χ4n) is 3.86. The minimum atomic E-state index is -0.593. The zero-order valence-electron chi connectivity index (χ0n) is 19.1. The number of likely N-dealkylation sites (tertiary alicyclic amines) is 1. The summed E-state index contributed by atoms with van der Waals surface area (Å²) in [6.45, 7) is 11.8. The minimum Gasteiger partial charge on any atom is -0.444 e. The van der Waals surface area contributed by atoms with Crippen molar-refractivity contribution in [3.8, 4) is 0 Å². The van der Waals surface area contributed by atoms with Crippen LogP contribution in [-0.4, -0.2) is 45.9 Å². The molecule has 0 radical (unpaired) electrons. The fraction of sp³-hybridized carbons (Fsp3) is 0.696. The molecular weight excluding hydrogens is 382 g/mol. The van der Waals surface area contributed by atoms with E-state index in [9.17, 15) is 9.59 Å². The Morgan fingerprint density at radius 2 is 1.70 bits per heavy atom. The molecule has 166 valence electrons. The Morgan fingerprint density at radius 3 is 2.27 bits per heavy atom. The molecule has 30 heavy (non-hydrogen) atoms. The first-order valence-corrected chi connectivity index (χ1v) is 10.9. The van der Waals surface area contributed by atoms with E-state index >= 15 is 0 Å². The van der Waals surface area contributed by atoms with Crippen molar-refractivity contribution in [2.45, 2.75) is 96.9 Å². The number of nitrogens with zero attached hydrogens (tertiary/aromatic N) is 3. The minimum absolute atomic E-state index is 0.0740. The van der Waals surface area contributed by atoms with E-state index in [1.54, 1.807) is 16.0 Å². The maximum absolute atomic E-state index is 13.1. The average Bonchev–Trinajstić information content (AvgIpc) is 3.04. The van der Waals surface area contributed by atoms with Gasteiger partial charge in [-0.15, -0.1) is 0 Å². The number of pyridine rings is 1. The normalized spacial score (nSPS) is 19.9. The van der Waals surface area contributed by atoms with E-state index in [2.05, 4.69) is 4.98 Å². The first-order chi connectivity index (χ1) is 14.0. The molecule has 1 saturated heterocycles. The molecule has 2 aliphatic rings. The second-order valence-corrected chi connectivity index (χ2v) is 10.2. The van der Waals surface area contributed by atoms with Crippen molar-refractivity contribution in [3.05, 3.63) is 23.9 Å². The van der Waals surface area contributed by atoms with E-state index in [0.717, 1.165) is 37.7 Å².